The van der Waals surface area contributed by atoms with Crippen molar-refractivity contribution < 1.29 is 10.1 Å². The summed E-state index contributed by atoms with van der Waals surface area (Å²) in [6, 6.07) is 0. The number of rotatable bonds is 4. The lowest BCUT2D eigenvalue weighted by atomic mass is 10.4. The van der Waals surface area contributed by atoms with Crippen molar-refractivity contribution in [2.24, 2.45) is 0 Å². The number of quaternary nitrogens is 2. The fourth-order valence-corrected chi connectivity index (χ4v) is 0.586. The summed E-state index contributed by atoms with van der Waals surface area (Å²) in [7, 11) is 3.08. The van der Waals surface area contributed by atoms with Gasteiger partial charge in [0.2, 0.25) is 0 Å². The second kappa shape index (κ2) is 4.69. The molecule has 0 aliphatic heterocycles. The Balaban J connectivity index is 2.91. The van der Waals surface area contributed by atoms with Crippen LogP contribution in [0.5, 0.6) is 0 Å². The van der Waals surface area contributed by atoms with Gasteiger partial charge >= 0.3 is 0 Å². The van der Waals surface area contributed by atoms with E-state index >= 15 is 0 Å². The van der Waals surface area contributed by atoms with Crippen molar-refractivity contribution in [1.82, 2.24) is 0 Å². The summed E-state index contributed by atoms with van der Waals surface area (Å²) in [6.45, 7) is 1.08. The van der Waals surface area contributed by atoms with Crippen LogP contribution in [-0.2, 0) is 0 Å². The van der Waals surface area contributed by atoms with Crippen LogP contribution < -0.4 is 10.1 Å². The highest BCUT2D eigenvalue weighted by atomic mass is 16.5. The Morgan fingerprint density at radius 1 is 1.00 bits per heavy atom. The van der Waals surface area contributed by atoms with Crippen molar-refractivity contribution in [1.29, 1.82) is 0 Å². The Morgan fingerprint density at radius 3 is 1.56 bits per heavy atom. The van der Waals surface area contributed by atoms with Crippen LogP contribution in [0.15, 0.2) is 0 Å². The van der Waals surface area contributed by atoms with E-state index < -0.39 is 0 Å². The van der Waals surface area contributed by atoms with E-state index in [2.05, 4.69) is 0 Å². The maximum Gasteiger partial charge on any atom is 0.0820 e. The van der Waals surface area contributed by atoms with Gasteiger partial charge in [0.15, 0.2) is 0 Å². The third kappa shape index (κ3) is 7.84. The maximum absolute atomic E-state index is 10.3. The number of hydrogen-bond acceptors (Lipinski definition) is 2. The van der Waals surface area contributed by atoms with Gasteiger partial charge in [-0.2, -0.15) is 0 Å². The van der Waals surface area contributed by atoms with Crippen molar-refractivity contribution >= 4 is 0 Å². The molecule has 2 unspecified atom stereocenters. The molecule has 0 rings (SSSR count). The predicted molar refractivity (Wildman–Crippen MR) is 34.9 cm³/mol. The fraction of sp³-hybridized carbons (Fsp3) is 1.00. The van der Waals surface area contributed by atoms with Crippen molar-refractivity contribution in [2.45, 2.75) is 6.42 Å². The SMILES string of the molecule is C[NH+]([O-])CCC[NH+](C)[O-]. The lowest BCUT2D eigenvalue weighted by Gasteiger charge is -2.19. The van der Waals surface area contributed by atoms with E-state index in [1.165, 1.54) is 0 Å². The topological polar surface area (TPSA) is 55.0 Å². The molecule has 0 heterocycles. The van der Waals surface area contributed by atoms with Crippen molar-refractivity contribution in [3.05, 3.63) is 10.4 Å². The molecule has 0 aromatic heterocycles. The molecular weight excluding hydrogens is 120 g/mol. The van der Waals surface area contributed by atoms with E-state index in [1.54, 1.807) is 14.1 Å². The molecule has 4 heteroatoms. The molecule has 0 radical (unpaired) electrons. The smallest absolute Gasteiger partial charge is 0.0820 e. The molecule has 0 spiro atoms. The van der Waals surface area contributed by atoms with Gasteiger partial charge < -0.3 is 20.5 Å². The Hall–Kier alpha value is -0.160. The second-order valence-electron chi connectivity index (χ2n) is 2.26. The van der Waals surface area contributed by atoms with Gasteiger partial charge in [0.1, 0.15) is 0 Å². The molecule has 0 fully saturated rings. The lowest BCUT2D eigenvalue weighted by molar-refractivity contribution is -0.847. The minimum atomic E-state index is 0.163. The molecule has 0 aromatic rings. The zero-order valence-corrected chi connectivity index (χ0v) is 5.94. The largest absolute Gasteiger partial charge is 0.634 e. The van der Waals surface area contributed by atoms with Crippen LogP contribution in [0.25, 0.3) is 0 Å². The molecule has 9 heavy (non-hydrogen) atoms. The van der Waals surface area contributed by atoms with E-state index in [0.29, 0.717) is 19.5 Å². The fourth-order valence-electron chi connectivity index (χ4n) is 0.586. The lowest BCUT2D eigenvalue weighted by Crippen LogP contribution is -3.07. The predicted octanol–water partition coefficient (Wildman–Crippen LogP) is -2.60. The van der Waals surface area contributed by atoms with Gasteiger partial charge in [-0.15, -0.1) is 0 Å². The maximum atomic E-state index is 10.3. The monoisotopic (exact) mass is 134 g/mol. The van der Waals surface area contributed by atoms with Crippen LogP contribution in [-0.4, -0.2) is 27.2 Å². The first-order chi connectivity index (χ1) is 4.13. The highest BCUT2D eigenvalue weighted by molar-refractivity contribution is 4.28. The van der Waals surface area contributed by atoms with Gasteiger partial charge in [-0.05, 0) is 0 Å². The van der Waals surface area contributed by atoms with Gasteiger partial charge in [-0.1, -0.05) is 0 Å². The van der Waals surface area contributed by atoms with Crippen LogP contribution in [0.4, 0.5) is 0 Å². The molecular formula is C5H14N2O2. The normalized spacial score (nSPS) is 17.3. The Kier molecular flexibility index (Phi) is 4.61. The van der Waals surface area contributed by atoms with Crippen molar-refractivity contribution in [3.63, 3.8) is 0 Å². The molecule has 4 nitrogen and oxygen atoms in total. The third-order valence-corrected chi connectivity index (χ3v) is 1.06. The van der Waals surface area contributed by atoms with E-state index in [-0.39, 0.29) is 10.1 Å². The molecule has 56 valence electrons. The second-order valence-corrected chi connectivity index (χ2v) is 2.26. The zero-order chi connectivity index (χ0) is 7.28. The molecule has 0 saturated heterocycles. The Morgan fingerprint density at radius 2 is 1.33 bits per heavy atom. The minimum absolute atomic E-state index is 0.163. The zero-order valence-electron chi connectivity index (χ0n) is 5.94. The average Bonchev–Trinajstić information content (AvgIpc) is 1.63. The van der Waals surface area contributed by atoms with Crippen LogP contribution >= 0.6 is 0 Å². The molecule has 0 aromatic carbocycles. The molecule has 0 bridgehead atoms. The summed E-state index contributed by atoms with van der Waals surface area (Å²) < 4.78 is 0. The number of nitrogens with one attached hydrogen (secondary N) is 2. The van der Waals surface area contributed by atoms with E-state index in [9.17, 15) is 10.4 Å². The standard InChI is InChI=1S/C5H14N2O2/c1-6(8)4-3-5-7(2)9/h6-7H,3-5H2,1-2H3. The molecule has 0 aliphatic rings. The first kappa shape index (κ1) is 8.84. The Labute approximate surface area is 55.2 Å². The van der Waals surface area contributed by atoms with Gasteiger partial charge in [-0.3, -0.25) is 0 Å². The molecule has 2 N–H and O–H groups in total. The summed E-state index contributed by atoms with van der Waals surface area (Å²) in [4.78, 5) is 0. The van der Waals surface area contributed by atoms with Crippen molar-refractivity contribution in [2.75, 3.05) is 27.2 Å². The molecule has 2 atom stereocenters. The summed E-state index contributed by atoms with van der Waals surface area (Å²) in [5.74, 6) is 0. The van der Waals surface area contributed by atoms with E-state index in [1.807, 2.05) is 0 Å². The summed E-state index contributed by atoms with van der Waals surface area (Å²) >= 11 is 0. The van der Waals surface area contributed by atoms with Gasteiger partial charge in [0.25, 0.3) is 0 Å². The van der Waals surface area contributed by atoms with Crippen LogP contribution in [0.2, 0.25) is 0 Å². The molecule has 0 amide bonds. The van der Waals surface area contributed by atoms with Gasteiger partial charge in [0.05, 0.1) is 27.2 Å². The summed E-state index contributed by atoms with van der Waals surface area (Å²) in [5.41, 5.74) is 0. The summed E-state index contributed by atoms with van der Waals surface area (Å²) in [5, 5.41) is 21.0. The number of hydroxylamine groups is 4. The van der Waals surface area contributed by atoms with Crippen molar-refractivity contribution in [3.8, 4) is 0 Å². The molecule has 0 aliphatic carbocycles. The number of hydrogen-bond donors (Lipinski definition) is 2. The molecule has 0 saturated carbocycles. The average molecular weight is 134 g/mol. The van der Waals surface area contributed by atoms with Crippen LogP contribution in [0, 0.1) is 10.4 Å². The summed E-state index contributed by atoms with van der Waals surface area (Å²) in [6.07, 6.45) is 0.713. The van der Waals surface area contributed by atoms with Gasteiger partial charge in [-0.25, -0.2) is 0 Å². The first-order valence-corrected chi connectivity index (χ1v) is 3.12. The van der Waals surface area contributed by atoms with Crippen LogP contribution in [0.1, 0.15) is 6.42 Å². The Bertz CT molecular complexity index is 58.0. The first-order valence-electron chi connectivity index (χ1n) is 3.12. The van der Waals surface area contributed by atoms with E-state index in [4.69, 9.17) is 0 Å². The highest BCUT2D eigenvalue weighted by Crippen LogP contribution is 1.60. The highest BCUT2D eigenvalue weighted by Gasteiger charge is 1.91. The van der Waals surface area contributed by atoms with Crippen LogP contribution in [0.3, 0.4) is 0 Å². The van der Waals surface area contributed by atoms with E-state index in [0.717, 1.165) is 0 Å². The third-order valence-electron chi connectivity index (χ3n) is 1.06. The minimum Gasteiger partial charge on any atom is -0.634 e. The van der Waals surface area contributed by atoms with Gasteiger partial charge in [0, 0.05) is 6.42 Å². The quantitative estimate of drug-likeness (QED) is 0.414.